The number of carboxylic acids is 1. The first-order chi connectivity index (χ1) is 8.66. The SMILES string of the molecule is O=C(Nc1ccccc1)Nc1sccc1C(=O)O. The second kappa shape index (κ2) is 5.33. The van der Waals surface area contributed by atoms with Crippen molar-refractivity contribution in [2.75, 3.05) is 10.6 Å². The summed E-state index contributed by atoms with van der Waals surface area (Å²) in [5.41, 5.74) is 0.728. The van der Waals surface area contributed by atoms with Crippen molar-refractivity contribution in [1.29, 1.82) is 0 Å². The van der Waals surface area contributed by atoms with Crippen LogP contribution in [0.2, 0.25) is 0 Å². The minimum atomic E-state index is -1.06. The molecule has 0 radical (unpaired) electrons. The van der Waals surface area contributed by atoms with Crippen LogP contribution in [0.25, 0.3) is 0 Å². The van der Waals surface area contributed by atoms with E-state index in [-0.39, 0.29) is 5.56 Å². The largest absolute Gasteiger partial charge is 0.478 e. The van der Waals surface area contributed by atoms with Gasteiger partial charge in [-0.05, 0) is 23.6 Å². The molecule has 1 aromatic carbocycles. The Morgan fingerprint density at radius 1 is 1.06 bits per heavy atom. The average Bonchev–Trinajstić information content (AvgIpc) is 2.78. The van der Waals surface area contributed by atoms with Gasteiger partial charge in [0.05, 0.1) is 5.56 Å². The van der Waals surface area contributed by atoms with Gasteiger partial charge in [0.15, 0.2) is 0 Å². The molecule has 6 heteroatoms. The second-order valence-electron chi connectivity index (χ2n) is 3.41. The highest BCUT2D eigenvalue weighted by molar-refractivity contribution is 7.14. The Bertz CT molecular complexity index is 566. The number of benzene rings is 1. The number of rotatable bonds is 3. The molecule has 0 aliphatic heterocycles. The summed E-state index contributed by atoms with van der Waals surface area (Å²) in [7, 11) is 0. The predicted octanol–water partition coefficient (Wildman–Crippen LogP) is 3.09. The maximum atomic E-state index is 11.6. The van der Waals surface area contributed by atoms with E-state index < -0.39 is 12.0 Å². The van der Waals surface area contributed by atoms with Crippen LogP contribution in [0, 0.1) is 0 Å². The van der Waals surface area contributed by atoms with E-state index in [2.05, 4.69) is 10.6 Å². The molecule has 92 valence electrons. The summed E-state index contributed by atoms with van der Waals surface area (Å²) in [6, 6.07) is 9.90. The van der Waals surface area contributed by atoms with Crippen molar-refractivity contribution in [2.24, 2.45) is 0 Å². The Kier molecular flexibility index (Phi) is 3.59. The lowest BCUT2D eigenvalue weighted by atomic mass is 10.3. The number of urea groups is 1. The molecule has 2 rings (SSSR count). The fourth-order valence-electron chi connectivity index (χ4n) is 1.36. The number of carboxylic acid groups (broad SMARTS) is 1. The number of para-hydroxylation sites is 1. The molecule has 0 unspecified atom stereocenters. The molecule has 1 heterocycles. The van der Waals surface area contributed by atoms with Crippen molar-refractivity contribution in [3.8, 4) is 0 Å². The van der Waals surface area contributed by atoms with Gasteiger partial charge in [0.25, 0.3) is 0 Å². The van der Waals surface area contributed by atoms with Crippen molar-refractivity contribution in [2.45, 2.75) is 0 Å². The van der Waals surface area contributed by atoms with E-state index in [1.54, 1.807) is 29.6 Å². The third-order valence-corrected chi connectivity index (χ3v) is 2.98. The first-order valence-electron chi connectivity index (χ1n) is 5.10. The van der Waals surface area contributed by atoms with Gasteiger partial charge in [-0.25, -0.2) is 9.59 Å². The van der Waals surface area contributed by atoms with Crippen LogP contribution in [0.1, 0.15) is 10.4 Å². The summed E-state index contributed by atoms with van der Waals surface area (Å²) in [5.74, 6) is -1.06. The third kappa shape index (κ3) is 2.86. The number of amides is 2. The summed E-state index contributed by atoms with van der Waals surface area (Å²) in [6.07, 6.45) is 0. The zero-order valence-corrected chi connectivity index (χ0v) is 10.0. The molecular formula is C12H10N2O3S. The molecule has 0 saturated carbocycles. The van der Waals surface area contributed by atoms with Gasteiger partial charge in [-0.15, -0.1) is 11.3 Å². The van der Waals surface area contributed by atoms with E-state index in [0.29, 0.717) is 10.7 Å². The van der Waals surface area contributed by atoms with Gasteiger partial charge < -0.3 is 10.4 Å². The van der Waals surface area contributed by atoms with Crippen LogP contribution in [0.15, 0.2) is 41.8 Å². The van der Waals surface area contributed by atoms with Gasteiger partial charge in [0.1, 0.15) is 5.00 Å². The van der Waals surface area contributed by atoms with Gasteiger partial charge in [-0.1, -0.05) is 18.2 Å². The smallest absolute Gasteiger partial charge is 0.338 e. The van der Waals surface area contributed by atoms with Crippen molar-refractivity contribution in [3.05, 3.63) is 47.3 Å². The number of aromatic carboxylic acids is 1. The Hall–Kier alpha value is -2.34. The first kappa shape index (κ1) is 12.1. The van der Waals surface area contributed by atoms with Crippen LogP contribution >= 0.6 is 11.3 Å². The van der Waals surface area contributed by atoms with Gasteiger partial charge in [0, 0.05) is 5.69 Å². The van der Waals surface area contributed by atoms with E-state index in [1.807, 2.05) is 6.07 Å². The Morgan fingerprint density at radius 2 is 1.78 bits per heavy atom. The second-order valence-corrected chi connectivity index (χ2v) is 4.33. The molecule has 0 bridgehead atoms. The molecule has 2 aromatic rings. The number of nitrogens with one attached hydrogen (secondary N) is 2. The van der Waals surface area contributed by atoms with E-state index >= 15 is 0 Å². The molecule has 3 N–H and O–H groups in total. The predicted molar refractivity (Wildman–Crippen MR) is 70.4 cm³/mol. The number of thiophene rings is 1. The molecule has 0 spiro atoms. The lowest BCUT2D eigenvalue weighted by Crippen LogP contribution is -2.19. The first-order valence-corrected chi connectivity index (χ1v) is 5.98. The fraction of sp³-hybridized carbons (Fsp3) is 0. The highest BCUT2D eigenvalue weighted by atomic mass is 32.1. The summed E-state index contributed by atoms with van der Waals surface area (Å²) < 4.78 is 0. The van der Waals surface area contributed by atoms with Crippen molar-refractivity contribution < 1.29 is 14.7 Å². The maximum Gasteiger partial charge on any atom is 0.338 e. The minimum Gasteiger partial charge on any atom is -0.478 e. The van der Waals surface area contributed by atoms with Gasteiger partial charge >= 0.3 is 12.0 Å². The van der Waals surface area contributed by atoms with Gasteiger partial charge in [-0.2, -0.15) is 0 Å². The molecule has 2 amide bonds. The molecule has 1 aromatic heterocycles. The average molecular weight is 262 g/mol. The molecule has 0 atom stereocenters. The van der Waals surface area contributed by atoms with Crippen molar-refractivity contribution >= 4 is 34.0 Å². The van der Waals surface area contributed by atoms with Crippen LogP contribution in [-0.2, 0) is 0 Å². The maximum absolute atomic E-state index is 11.6. The topological polar surface area (TPSA) is 78.4 Å². The normalized spacial score (nSPS) is 9.78. The number of hydrogen-bond donors (Lipinski definition) is 3. The molecule has 18 heavy (non-hydrogen) atoms. The molecule has 0 aliphatic rings. The van der Waals surface area contributed by atoms with Crippen molar-refractivity contribution in [3.63, 3.8) is 0 Å². The number of anilines is 2. The standard InChI is InChI=1S/C12H10N2O3S/c15-11(16)9-6-7-18-10(9)14-12(17)13-8-4-2-1-3-5-8/h1-7H,(H,15,16)(H2,13,14,17). The van der Waals surface area contributed by atoms with E-state index in [9.17, 15) is 9.59 Å². The van der Waals surface area contributed by atoms with Crippen LogP contribution in [0.4, 0.5) is 15.5 Å². The van der Waals surface area contributed by atoms with Crippen LogP contribution in [0.3, 0.4) is 0 Å². The Balaban J connectivity index is 2.04. The summed E-state index contributed by atoms with van der Waals surface area (Å²) >= 11 is 1.16. The van der Waals surface area contributed by atoms with E-state index in [1.165, 1.54) is 6.07 Å². The van der Waals surface area contributed by atoms with Crippen molar-refractivity contribution in [1.82, 2.24) is 0 Å². The van der Waals surface area contributed by atoms with Gasteiger partial charge in [0.2, 0.25) is 0 Å². The Labute approximate surface area is 107 Å². The molecule has 0 saturated heterocycles. The minimum absolute atomic E-state index is 0.0863. The van der Waals surface area contributed by atoms with E-state index in [4.69, 9.17) is 5.11 Å². The number of carbonyl (C=O) groups is 2. The Morgan fingerprint density at radius 3 is 2.44 bits per heavy atom. The lowest BCUT2D eigenvalue weighted by Gasteiger charge is -2.06. The molecule has 0 aliphatic carbocycles. The molecule has 0 fully saturated rings. The zero-order chi connectivity index (χ0) is 13.0. The molecular weight excluding hydrogens is 252 g/mol. The quantitative estimate of drug-likeness (QED) is 0.795. The monoisotopic (exact) mass is 262 g/mol. The molecule has 5 nitrogen and oxygen atoms in total. The number of hydrogen-bond acceptors (Lipinski definition) is 3. The highest BCUT2D eigenvalue weighted by Crippen LogP contribution is 2.23. The third-order valence-electron chi connectivity index (χ3n) is 2.15. The summed E-state index contributed by atoms with van der Waals surface area (Å²) in [5, 5.41) is 15.9. The zero-order valence-electron chi connectivity index (χ0n) is 9.21. The summed E-state index contributed by atoms with van der Waals surface area (Å²) in [4.78, 5) is 22.5. The highest BCUT2D eigenvalue weighted by Gasteiger charge is 2.13. The fourth-order valence-corrected chi connectivity index (χ4v) is 2.14. The van der Waals surface area contributed by atoms with Crippen LogP contribution < -0.4 is 10.6 Å². The summed E-state index contributed by atoms with van der Waals surface area (Å²) in [6.45, 7) is 0. The van der Waals surface area contributed by atoms with E-state index in [0.717, 1.165) is 11.3 Å². The van der Waals surface area contributed by atoms with Crippen LogP contribution in [0.5, 0.6) is 0 Å². The van der Waals surface area contributed by atoms with Gasteiger partial charge in [-0.3, -0.25) is 5.32 Å². The number of carbonyl (C=O) groups excluding carboxylic acids is 1. The van der Waals surface area contributed by atoms with Crippen LogP contribution in [-0.4, -0.2) is 17.1 Å². The lowest BCUT2D eigenvalue weighted by molar-refractivity contribution is 0.0698.